The fourth-order valence-corrected chi connectivity index (χ4v) is 3.00. The summed E-state index contributed by atoms with van der Waals surface area (Å²) in [5.41, 5.74) is 5.84. The number of H-pyrrole nitrogens is 1. The molecule has 1 aliphatic carbocycles. The Labute approximate surface area is 117 Å². The van der Waals surface area contributed by atoms with Gasteiger partial charge in [0.25, 0.3) is 5.91 Å². The number of allylic oxidation sites excluding steroid dienone is 1. The van der Waals surface area contributed by atoms with Crippen molar-refractivity contribution >= 4 is 16.9 Å². The molecule has 4 nitrogen and oxygen atoms in total. The normalized spacial score (nSPS) is 18.7. The van der Waals surface area contributed by atoms with Crippen molar-refractivity contribution in [1.82, 2.24) is 14.9 Å². The van der Waals surface area contributed by atoms with Gasteiger partial charge in [0, 0.05) is 18.7 Å². The standard InChI is InChI=1S/C16H17N3O/c20-16(13-3-4-14-15(9-13)18-10-17-14)19-7-5-12(6-8-19)11-1-2-11/h3-4,9-10H,1-2,5-8H2,(H,17,18). The van der Waals surface area contributed by atoms with Crippen LogP contribution >= 0.6 is 0 Å². The highest BCUT2D eigenvalue weighted by molar-refractivity contribution is 5.97. The van der Waals surface area contributed by atoms with Crippen molar-refractivity contribution < 1.29 is 4.79 Å². The van der Waals surface area contributed by atoms with Crippen LogP contribution in [0.15, 0.2) is 35.7 Å². The van der Waals surface area contributed by atoms with E-state index in [1.165, 1.54) is 12.8 Å². The molecule has 0 radical (unpaired) electrons. The number of piperidine rings is 1. The first-order valence-electron chi connectivity index (χ1n) is 7.23. The van der Waals surface area contributed by atoms with Crippen molar-refractivity contribution in [2.75, 3.05) is 13.1 Å². The number of hydrogen-bond acceptors (Lipinski definition) is 2. The highest BCUT2D eigenvalue weighted by Crippen LogP contribution is 2.36. The zero-order valence-corrected chi connectivity index (χ0v) is 11.4. The highest BCUT2D eigenvalue weighted by atomic mass is 16.2. The van der Waals surface area contributed by atoms with Crippen LogP contribution in [-0.4, -0.2) is 33.9 Å². The molecule has 2 heterocycles. The van der Waals surface area contributed by atoms with Gasteiger partial charge in [0.2, 0.25) is 0 Å². The molecule has 4 heteroatoms. The second kappa shape index (κ2) is 4.47. The molecule has 0 unspecified atom stereocenters. The molecule has 0 bridgehead atoms. The Morgan fingerprint density at radius 2 is 1.85 bits per heavy atom. The van der Waals surface area contributed by atoms with Crippen LogP contribution in [0.25, 0.3) is 11.0 Å². The van der Waals surface area contributed by atoms with Crippen LogP contribution < -0.4 is 0 Å². The predicted molar refractivity (Wildman–Crippen MR) is 77.5 cm³/mol. The van der Waals surface area contributed by atoms with Crippen LogP contribution in [0.4, 0.5) is 0 Å². The minimum atomic E-state index is 0.140. The Balaban J connectivity index is 1.53. The first-order valence-corrected chi connectivity index (χ1v) is 7.23. The zero-order valence-electron chi connectivity index (χ0n) is 11.4. The first kappa shape index (κ1) is 11.7. The minimum Gasteiger partial charge on any atom is -0.345 e. The lowest BCUT2D eigenvalue weighted by Gasteiger charge is -2.28. The summed E-state index contributed by atoms with van der Waals surface area (Å²) in [6.07, 6.45) is 6.37. The number of hydrogen-bond donors (Lipinski definition) is 1. The molecule has 1 aromatic carbocycles. The van der Waals surface area contributed by atoms with Crippen LogP contribution in [0.1, 0.15) is 36.0 Å². The summed E-state index contributed by atoms with van der Waals surface area (Å²) in [6.45, 7) is 1.72. The van der Waals surface area contributed by atoms with Gasteiger partial charge in [0.1, 0.15) is 0 Å². The van der Waals surface area contributed by atoms with Gasteiger partial charge < -0.3 is 9.88 Å². The van der Waals surface area contributed by atoms with E-state index in [9.17, 15) is 4.79 Å². The van der Waals surface area contributed by atoms with E-state index in [0.717, 1.165) is 42.5 Å². The minimum absolute atomic E-state index is 0.140. The molecular weight excluding hydrogens is 250 g/mol. The number of carbonyl (C=O) groups is 1. The molecule has 2 aliphatic rings. The van der Waals surface area contributed by atoms with E-state index >= 15 is 0 Å². The second-order valence-electron chi connectivity index (χ2n) is 5.63. The fraction of sp³-hybridized carbons (Fsp3) is 0.375. The number of nitrogens with one attached hydrogen (secondary N) is 1. The number of rotatable bonds is 1. The summed E-state index contributed by atoms with van der Waals surface area (Å²) < 4.78 is 0. The van der Waals surface area contributed by atoms with Crippen LogP contribution in [0.2, 0.25) is 0 Å². The van der Waals surface area contributed by atoms with E-state index in [-0.39, 0.29) is 5.91 Å². The van der Waals surface area contributed by atoms with E-state index in [1.807, 2.05) is 23.1 Å². The number of fused-ring (bicyclic) bond motifs is 1. The average molecular weight is 267 g/mol. The Kier molecular flexibility index (Phi) is 2.62. The van der Waals surface area contributed by atoms with Gasteiger partial charge in [-0.1, -0.05) is 11.1 Å². The molecule has 1 amide bonds. The zero-order chi connectivity index (χ0) is 13.5. The van der Waals surface area contributed by atoms with Crippen molar-refractivity contribution in [3.05, 3.63) is 41.2 Å². The average Bonchev–Trinajstić information content (AvgIpc) is 3.24. The van der Waals surface area contributed by atoms with E-state index in [4.69, 9.17) is 0 Å². The van der Waals surface area contributed by atoms with Gasteiger partial charge in [0.15, 0.2) is 0 Å². The lowest BCUT2D eigenvalue weighted by atomic mass is 10.0. The smallest absolute Gasteiger partial charge is 0.253 e. The summed E-state index contributed by atoms with van der Waals surface area (Å²) in [5.74, 6) is 0.140. The Bertz CT molecular complexity index is 697. The number of carbonyl (C=O) groups excluding carboxylic acids is 1. The molecule has 0 atom stereocenters. The molecule has 1 N–H and O–H groups in total. The summed E-state index contributed by atoms with van der Waals surface area (Å²) in [6, 6.07) is 5.68. The van der Waals surface area contributed by atoms with Crippen molar-refractivity contribution in [3.63, 3.8) is 0 Å². The highest BCUT2D eigenvalue weighted by Gasteiger charge is 2.25. The summed E-state index contributed by atoms with van der Waals surface area (Å²) >= 11 is 0. The molecule has 0 spiro atoms. The quantitative estimate of drug-likeness (QED) is 0.808. The molecule has 102 valence electrons. The molecular formula is C16H17N3O. The molecule has 1 aliphatic heterocycles. The molecule has 1 saturated carbocycles. The van der Waals surface area contributed by atoms with Gasteiger partial charge in [0.05, 0.1) is 17.4 Å². The summed E-state index contributed by atoms with van der Waals surface area (Å²) in [7, 11) is 0. The number of aromatic nitrogens is 2. The predicted octanol–water partition coefficient (Wildman–Crippen LogP) is 2.89. The number of nitrogens with zero attached hydrogens (tertiary/aromatic N) is 2. The summed E-state index contributed by atoms with van der Waals surface area (Å²) in [4.78, 5) is 21.7. The van der Waals surface area contributed by atoms with Gasteiger partial charge in [-0.15, -0.1) is 0 Å². The third-order valence-corrected chi connectivity index (χ3v) is 4.32. The van der Waals surface area contributed by atoms with Gasteiger partial charge in [-0.05, 0) is 43.9 Å². The Hall–Kier alpha value is -2.10. The molecule has 4 rings (SSSR count). The van der Waals surface area contributed by atoms with Crippen molar-refractivity contribution in [3.8, 4) is 0 Å². The van der Waals surface area contributed by atoms with Gasteiger partial charge in [-0.25, -0.2) is 4.98 Å². The van der Waals surface area contributed by atoms with Gasteiger partial charge in [-0.2, -0.15) is 0 Å². The van der Waals surface area contributed by atoms with Crippen LogP contribution in [0.3, 0.4) is 0 Å². The Morgan fingerprint density at radius 3 is 2.60 bits per heavy atom. The maximum Gasteiger partial charge on any atom is 0.253 e. The first-order chi connectivity index (χ1) is 9.81. The van der Waals surface area contributed by atoms with E-state index in [0.29, 0.717) is 0 Å². The van der Waals surface area contributed by atoms with Crippen molar-refractivity contribution in [1.29, 1.82) is 0 Å². The number of imidazole rings is 1. The van der Waals surface area contributed by atoms with E-state index in [1.54, 1.807) is 17.5 Å². The number of benzene rings is 1. The van der Waals surface area contributed by atoms with Crippen molar-refractivity contribution in [2.24, 2.45) is 0 Å². The molecule has 2 aromatic rings. The molecule has 2 fully saturated rings. The second-order valence-corrected chi connectivity index (χ2v) is 5.63. The SMILES string of the molecule is O=C(c1ccc2nc[nH]c2c1)N1CCC(=C2CC2)CC1. The fourth-order valence-electron chi connectivity index (χ4n) is 3.00. The maximum atomic E-state index is 12.5. The van der Waals surface area contributed by atoms with Crippen LogP contribution in [0.5, 0.6) is 0 Å². The Morgan fingerprint density at radius 1 is 1.10 bits per heavy atom. The maximum absolute atomic E-state index is 12.5. The third-order valence-electron chi connectivity index (χ3n) is 4.32. The van der Waals surface area contributed by atoms with Crippen LogP contribution in [0, 0.1) is 0 Å². The van der Waals surface area contributed by atoms with Crippen LogP contribution in [-0.2, 0) is 0 Å². The molecule has 1 aromatic heterocycles. The largest absolute Gasteiger partial charge is 0.345 e. The van der Waals surface area contributed by atoms with Gasteiger partial charge >= 0.3 is 0 Å². The number of aromatic amines is 1. The van der Waals surface area contributed by atoms with E-state index in [2.05, 4.69) is 9.97 Å². The number of amides is 1. The topological polar surface area (TPSA) is 49.0 Å². The molecule has 20 heavy (non-hydrogen) atoms. The third kappa shape index (κ3) is 2.01. The lowest BCUT2D eigenvalue weighted by Crippen LogP contribution is -2.36. The van der Waals surface area contributed by atoms with Gasteiger partial charge in [-0.3, -0.25) is 4.79 Å². The van der Waals surface area contributed by atoms with Crippen molar-refractivity contribution in [2.45, 2.75) is 25.7 Å². The van der Waals surface area contributed by atoms with E-state index < -0.39 is 0 Å². The monoisotopic (exact) mass is 267 g/mol. The lowest BCUT2D eigenvalue weighted by molar-refractivity contribution is 0.0743. The number of likely N-dealkylation sites (tertiary alicyclic amines) is 1. The summed E-state index contributed by atoms with van der Waals surface area (Å²) in [5, 5.41) is 0. The molecule has 1 saturated heterocycles.